The molecule has 0 bridgehead atoms. The Kier molecular flexibility index (Phi) is 8.28. The van der Waals surface area contributed by atoms with Crippen molar-refractivity contribution in [3.8, 4) is 33.6 Å². The van der Waals surface area contributed by atoms with Gasteiger partial charge in [0.1, 0.15) is 17.0 Å². The summed E-state index contributed by atoms with van der Waals surface area (Å²) in [6, 6.07) is 84.9. The van der Waals surface area contributed by atoms with Crippen molar-refractivity contribution in [2.45, 2.75) is 6.17 Å². The molecule has 10 aromatic carbocycles. The van der Waals surface area contributed by atoms with E-state index in [-0.39, 0.29) is 6.17 Å². The van der Waals surface area contributed by atoms with Crippen molar-refractivity contribution in [2.24, 2.45) is 4.99 Å². The highest BCUT2D eigenvalue weighted by Gasteiger charge is 2.36. The molecule has 1 aliphatic rings. The fourth-order valence-electron chi connectivity index (χ4n) is 10.6. The van der Waals surface area contributed by atoms with E-state index in [0.717, 1.165) is 83.7 Å². The van der Waals surface area contributed by atoms with Crippen LogP contribution in [0.5, 0.6) is 0 Å². The summed E-state index contributed by atoms with van der Waals surface area (Å²) >= 11 is 0. The normalized spacial score (nSPS) is 13.9. The van der Waals surface area contributed by atoms with Gasteiger partial charge >= 0.3 is 0 Å². The molecule has 0 radical (unpaired) electrons. The SMILES string of the molecule is c1ccc(C2=NC(c3ccccc3)N2c2cc(-c3ccccc3)cc3oc4cc(-n5c6ccccc6c6ccc(-c7ccc8c(c7)c7ccccc7n8-c7ccccc7)cc65)ccc4c23)cc1. The average Bonchev–Trinajstić information content (AvgIpc) is 4.04. The minimum absolute atomic E-state index is 0.190. The number of benzene rings is 10. The number of rotatable bonds is 7. The van der Waals surface area contributed by atoms with Crippen LogP contribution in [-0.4, -0.2) is 15.0 Å². The summed E-state index contributed by atoms with van der Waals surface area (Å²) in [4.78, 5) is 7.67. The van der Waals surface area contributed by atoms with E-state index in [9.17, 15) is 0 Å². The van der Waals surface area contributed by atoms with Crippen LogP contribution in [0.25, 0.3) is 99.2 Å². The van der Waals surface area contributed by atoms with Gasteiger partial charge in [-0.3, -0.25) is 4.90 Å². The van der Waals surface area contributed by atoms with Gasteiger partial charge in [-0.2, -0.15) is 0 Å². The molecule has 0 saturated heterocycles. The molecule has 4 heterocycles. The largest absolute Gasteiger partial charge is 0.456 e. The Morgan fingerprint density at radius 1 is 0.343 bits per heavy atom. The molecule has 1 unspecified atom stereocenters. The topological polar surface area (TPSA) is 38.6 Å². The standard InChI is InChI=1S/C62H40N4O/c1-5-17-40(18-6-1)45-37-57(66-61(41-19-7-2-8-20-41)63-62(66)42-21-9-3-10-22-42)60-51-33-31-47(39-58(51)67-59(60)38-45)65-53-27-15-13-25-48(53)50-32-29-44(36-56(50)65)43-30-34-55-52(35-43)49-26-14-16-28-54(49)64(55)46-23-11-4-12-24-46/h1-39,61H. The first-order valence-corrected chi connectivity index (χ1v) is 22.9. The number of fused-ring (bicyclic) bond motifs is 9. The van der Waals surface area contributed by atoms with Crippen molar-refractivity contribution in [1.29, 1.82) is 0 Å². The second-order valence-corrected chi connectivity index (χ2v) is 17.5. The van der Waals surface area contributed by atoms with Gasteiger partial charge in [0.05, 0.1) is 33.1 Å². The summed E-state index contributed by atoms with van der Waals surface area (Å²) in [6.07, 6.45) is -0.190. The monoisotopic (exact) mass is 856 g/mol. The Labute approximate surface area is 386 Å². The van der Waals surface area contributed by atoms with Gasteiger partial charge < -0.3 is 13.6 Å². The molecule has 0 saturated carbocycles. The van der Waals surface area contributed by atoms with E-state index in [1.54, 1.807) is 0 Å². The van der Waals surface area contributed by atoms with E-state index >= 15 is 0 Å². The highest BCUT2D eigenvalue weighted by molar-refractivity contribution is 6.22. The number of furan rings is 1. The molecule has 1 aliphatic heterocycles. The summed E-state index contributed by atoms with van der Waals surface area (Å²) in [7, 11) is 0. The number of anilines is 1. The van der Waals surface area contributed by atoms with Gasteiger partial charge in [-0.1, -0.05) is 164 Å². The maximum Gasteiger partial charge on any atom is 0.155 e. The van der Waals surface area contributed by atoms with Gasteiger partial charge in [0.2, 0.25) is 0 Å². The smallest absolute Gasteiger partial charge is 0.155 e. The number of amidine groups is 1. The van der Waals surface area contributed by atoms with Gasteiger partial charge in [-0.05, 0) is 94.5 Å². The molecule has 314 valence electrons. The van der Waals surface area contributed by atoms with E-state index < -0.39 is 0 Å². The first-order valence-electron chi connectivity index (χ1n) is 22.9. The Morgan fingerprint density at radius 3 is 1.66 bits per heavy atom. The molecule has 5 nitrogen and oxygen atoms in total. The molecule has 67 heavy (non-hydrogen) atoms. The molecule has 1 atom stereocenters. The van der Waals surface area contributed by atoms with E-state index in [1.807, 2.05) is 0 Å². The number of aromatic nitrogens is 2. The minimum Gasteiger partial charge on any atom is -0.456 e. The molecule has 3 aromatic heterocycles. The van der Waals surface area contributed by atoms with E-state index in [0.29, 0.717) is 0 Å². The van der Waals surface area contributed by atoms with Crippen LogP contribution in [0.3, 0.4) is 0 Å². The molecule has 5 heteroatoms. The molecule has 14 rings (SSSR count). The number of nitrogens with zero attached hydrogens (tertiary/aromatic N) is 4. The summed E-state index contributed by atoms with van der Waals surface area (Å²) in [5.74, 6) is 0.939. The third kappa shape index (κ3) is 5.85. The average molecular weight is 857 g/mol. The Balaban J connectivity index is 0.951. The lowest BCUT2D eigenvalue weighted by Crippen LogP contribution is -2.43. The van der Waals surface area contributed by atoms with Crippen LogP contribution in [0, 0.1) is 0 Å². The summed E-state index contributed by atoms with van der Waals surface area (Å²) in [5.41, 5.74) is 16.4. The summed E-state index contributed by atoms with van der Waals surface area (Å²) in [5, 5.41) is 7.02. The lowest BCUT2D eigenvalue weighted by molar-refractivity contribution is 0.667. The Hall–Kier alpha value is -8.93. The first kappa shape index (κ1) is 37.4. The number of aliphatic imine (C=N–C) groups is 1. The van der Waals surface area contributed by atoms with Crippen molar-refractivity contribution >= 4 is 77.1 Å². The lowest BCUT2D eigenvalue weighted by atomic mass is 9.98. The first-order chi connectivity index (χ1) is 33.2. The zero-order valence-corrected chi connectivity index (χ0v) is 36.3. The van der Waals surface area contributed by atoms with Crippen molar-refractivity contribution < 1.29 is 4.42 Å². The van der Waals surface area contributed by atoms with Crippen LogP contribution in [0.1, 0.15) is 17.3 Å². The van der Waals surface area contributed by atoms with Crippen LogP contribution in [-0.2, 0) is 0 Å². The maximum absolute atomic E-state index is 7.04. The molecular weight excluding hydrogens is 817 g/mol. The molecule has 0 spiro atoms. The predicted molar refractivity (Wildman–Crippen MR) is 278 cm³/mol. The molecular formula is C62H40N4O. The predicted octanol–water partition coefficient (Wildman–Crippen LogP) is 16.1. The maximum atomic E-state index is 7.04. The summed E-state index contributed by atoms with van der Waals surface area (Å²) in [6.45, 7) is 0. The fraction of sp³-hybridized carbons (Fsp3) is 0.0161. The third-order valence-corrected chi connectivity index (χ3v) is 13.7. The zero-order valence-electron chi connectivity index (χ0n) is 36.3. The quantitative estimate of drug-likeness (QED) is 0.160. The van der Waals surface area contributed by atoms with E-state index in [1.165, 1.54) is 38.1 Å². The fourth-order valence-corrected chi connectivity index (χ4v) is 10.6. The van der Waals surface area contributed by atoms with Gasteiger partial charge in [0.25, 0.3) is 0 Å². The second-order valence-electron chi connectivity index (χ2n) is 17.5. The molecule has 0 aliphatic carbocycles. The highest BCUT2D eigenvalue weighted by Crippen LogP contribution is 2.47. The van der Waals surface area contributed by atoms with Crippen molar-refractivity contribution in [2.75, 3.05) is 4.90 Å². The Morgan fingerprint density at radius 2 is 0.910 bits per heavy atom. The van der Waals surface area contributed by atoms with Gasteiger partial charge in [-0.25, -0.2) is 4.99 Å². The number of hydrogen-bond acceptors (Lipinski definition) is 3. The van der Waals surface area contributed by atoms with Crippen molar-refractivity contribution in [3.63, 3.8) is 0 Å². The van der Waals surface area contributed by atoms with Gasteiger partial charge in [-0.15, -0.1) is 0 Å². The second kappa shape index (κ2) is 14.8. The van der Waals surface area contributed by atoms with Crippen LogP contribution in [0.4, 0.5) is 5.69 Å². The van der Waals surface area contributed by atoms with Crippen LogP contribution < -0.4 is 4.90 Å². The van der Waals surface area contributed by atoms with E-state index in [2.05, 4.69) is 251 Å². The summed E-state index contributed by atoms with van der Waals surface area (Å²) < 4.78 is 11.8. The van der Waals surface area contributed by atoms with Gasteiger partial charge in [0.15, 0.2) is 6.17 Å². The van der Waals surface area contributed by atoms with Crippen LogP contribution in [0.2, 0.25) is 0 Å². The number of hydrogen-bond donors (Lipinski definition) is 0. The molecule has 13 aromatic rings. The zero-order chi connectivity index (χ0) is 44.0. The molecule has 0 fully saturated rings. The van der Waals surface area contributed by atoms with Crippen molar-refractivity contribution in [3.05, 3.63) is 248 Å². The van der Waals surface area contributed by atoms with Crippen LogP contribution in [0.15, 0.2) is 246 Å². The number of para-hydroxylation sites is 3. The molecule has 0 N–H and O–H groups in total. The van der Waals surface area contributed by atoms with Crippen molar-refractivity contribution in [1.82, 2.24) is 9.13 Å². The Bertz CT molecular complexity index is 4090. The third-order valence-electron chi connectivity index (χ3n) is 13.7. The van der Waals surface area contributed by atoms with Gasteiger partial charge in [0, 0.05) is 49.9 Å². The lowest BCUT2D eigenvalue weighted by Gasteiger charge is -2.41. The van der Waals surface area contributed by atoms with E-state index in [4.69, 9.17) is 9.41 Å². The molecule has 0 amide bonds. The van der Waals surface area contributed by atoms with Crippen LogP contribution >= 0.6 is 0 Å². The minimum atomic E-state index is -0.190. The highest BCUT2D eigenvalue weighted by atomic mass is 16.3.